The molecule has 1 N–H and O–H groups in total. The number of anilines is 1. The number of rotatable bonds is 7. The number of hydrogen-bond acceptors (Lipinski definition) is 6. The van der Waals surface area contributed by atoms with Gasteiger partial charge < -0.3 is 0 Å². The highest BCUT2D eigenvalue weighted by atomic mass is 32.2. The fraction of sp³-hybridized carbons (Fsp3) is 0.308. The van der Waals surface area contributed by atoms with Crippen LogP contribution >= 0.6 is 34.9 Å². The Labute approximate surface area is 134 Å². The molecule has 0 unspecified atom stereocenters. The Morgan fingerprint density at radius 1 is 1.33 bits per heavy atom. The minimum atomic E-state index is -0.251. The maximum absolute atomic E-state index is 12.8. The molecule has 0 saturated carbocycles. The first-order valence-corrected chi connectivity index (χ1v) is 9.21. The topological polar surface area (TPSA) is 54.9 Å². The number of nitrogens with one attached hydrogen (secondary N) is 1. The van der Waals surface area contributed by atoms with Gasteiger partial charge in [-0.1, -0.05) is 42.2 Å². The number of nitrogens with zero attached hydrogens (tertiary/aromatic N) is 2. The third kappa shape index (κ3) is 5.64. The van der Waals surface area contributed by atoms with E-state index < -0.39 is 0 Å². The summed E-state index contributed by atoms with van der Waals surface area (Å²) in [7, 11) is 0. The van der Waals surface area contributed by atoms with Crippen LogP contribution in [0.2, 0.25) is 0 Å². The zero-order chi connectivity index (χ0) is 15.1. The van der Waals surface area contributed by atoms with E-state index in [1.54, 1.807) is 23.9 Å². The molecule has 0 aliphatic carbocycles. The van der Waals surface area contributed by atoms with Crippen LogP contribution in [-0.2, 0) is 10.5 Å². The molecule has 8 heteroatoms. The molecule has 21 heavy (non-hydrogen) atoms. The van der Waals surface area contributed by atoms with Gasteiger partial charge in [0.2, 0.25) is 11.0 Å². The summed E-state index contributed by atoms with van der Waals surface area (Å²) < 4.78 is 13.6. The molecule has 1 amide bonds. The minimum Gasteiger partial charge on any atom is -0.300 e. The summed E-state index contributed by atoms with van der Waals surface area (Å²) in [5.74, 6) is 1.56. The van der Waals surface area contributed by atoms with E-state index in [1.165, 1.54) is 35.2 Å². The van der Waals surface area contributed by atoms with Gasteiger partial charge in [-0.15, -0.1) is 22.0 Å². The van der Waals surface area contributed by atoms with Crippen LogP contribution in [0.5, 0.6) is 0 Å². The Bertz CT molecular complexity index is 589. The average molecular weight is 343 g/mol. The molecule has 2 rings (SSSR count). The summed E-state index contributed by atoms with van der Waals surface area (Å²) in [5.41, 5.74) is 0.992. The fourth-order valence-electron chi connectivity index (χ4n) is 1.44. The van der Waals surface area contributed by atoms with E-state index in [2.05, 4.69) is 15.5 Å². The number of hydrogen-bond donors (Lipinski definition) is 1. The number of halogens is 1. The molecule has 0 bridgehead atoms. The average Bonchev–Trinajstić information content (AvgIpc) is 2.89. The van der Waals surface area contributed by atoms with Crippen molar-refractivity contribution in [2.45, 2.75) is 17.0 Å². The Balaban J connectivity index is 1.72. The van der Waals surface area contributed by atoms with Crippen molar-refractivity contribution in [1.82, 2.24) is 10.2 Å². The SMILES string of the molecule is CCSc1nnc(NC(=O)CSCc2ccc(F)cc2)s1. The number of carbonyl (C=O) groups is 1. The molecule has 1 aromatic heterocycles. The van der Waals surface area contributed by atoms with Crippen molar-refractivity contribution < 1.29 is 9.18 Å². The second-order valence-corrected chi connectivity index (χ2v) is 7.45. The molecule has 0 saturated heterocycles. The second kappa shape index (κ2) is 8.35. The van der Waals surface area contributed by atoms with Gasteiger partial charge in [-0.05, 0) is 23.4 Å². The number of thioether (sulfide) groups is 2. The van der Waals surface area contributed by atoms with Crippen LogP contribution in [-0.4, -0.2) is 27.6 Å². The normalized spacial score (nSPS) is 10.6. The summed E-state index contributed by atoms with van der Waals surface area (Å²) in [6, 6.07) is 6.28. The van der Waals surface area contributed by atoms with Crippen molar-refractivity contribution in [3.8, 4) is 0 Å². The van der Waals surface area contributed by atoms with Gasteiger partial charge in [-0.3, -0.25) is 10.1 Å². The number of aromatic nitrogens is 2. The summed E-state index contributed by atoms with van der Waals surface area (Å²) in [6.07, 6.45) is 0. The monoisotopic (exact) mass is 343 g/mol. The quantitative estimate of drug-likeness (QED) is 0.614. The van der Waals surface area contributed by atoms with E-state index >= 15 is 0 Å². The van der Waals surface area contributed by atoms with Crippen LogP contribution in [0.1, 0.15) is 12.5 Å². The molecule has 1 heterocycles. The van der Waals surface area contributed by atoms with Gasteiger partial charge in [-0.25, -0.2) is 4.39 Å². The van der Waals surface area contributed by atoms with E-state index in [0.717, 1.165) is 15.7 Å². The molecule has 0 atom stereocenters. The lowest BCUT2D eigenvalue weighted by Gasteiger charge is -2.02. The van der Waals surface area contributed by atoms with Crippen molar-refractivity contribution in [3.05, 3.63) is 35.6 Å². The zero-order valence-electron chi connectivity index (χ0n) is 11.3. The maximum Gasteiger partial charge on any atom is 0.236 e. The summed E-state index contributed by atoms with van der Waals surface area (Å²) in [6.45, 7) is 2.04. The lowest BCUT2D eigenvalue weighted by atomic mass is 10.2. The first-order valence-electron chi connectivity index (χ1n) is 6.25. The highest BCUT2D eigenvalue weighted by molar-refractivity contribution is 8.01. The van der Waals surface area contributed by atoms with Crippen LogP contribution in [0, 0.1) is 5.82 Å². The molecule has 2 aromatic rings. The van der Waals surface area contributed by atoms with Gasteiger partial charge in [0.1, 0.15) is 5.82 Å². The van der Waals surface area contributed by atoms with Crippen molar-refractivity contribution >= 4 is 45.9 Å². The van der Waals surface area contributed by atoms with Gasteiger partial charge in [-0.2, -0.15) is 0 Å². The molecule has 0 fully saturated rings. The van der Waals surface area contributed by atoms with Crippen molar-refractivity contribution in [3.63, 3.8) is 0 Å². The molecule has 0 radical (unpaired) electrons. The number of amides is 1. The maximum atomic E-state index is 12.8. The number of carbonyl (C=O) groups excluding carboxylic acids is 1. The van der Waals surface area contributed by atoms with Gasteiger partial charge in [0.15, 0.2) is 4.34 Å². The summed E-state index contributed by atoms with van der Waals surface area (Å²) in [4.78, 5) is 11.8. The first-order chi connectivity index (χ1) is 10.2. The summed E-state index contributed by atoms with van der Waals surface area (Å²) >= 11 is 4.45. The van der Waals surface area contributed by atoms with Gasteiger partial charge in [0, 0.05) is 5.75 Å². The molecule has 1 aromatic carbocycles. The Hall–Kier alpha value is -1.12. The molecule has 4 nitrogen and oxygen atoms in total. The lowest BCUT2D eigenvalue weighted by molar-refractivity contribution is -0.113. The highest BCUT2D eigenvalue weighted by Crippen LogP contribution is 2.25. The van der Waals surface area contributed by atoms with E-state index in [4.69, 9.17) is 0 Å². The van der Waals surface area contributed by atoms with Crippen LogP contribution < -0.4 is 5.32 Å². The van der Waals surface area contributed by atoms with E-state index in [9.17, 15) is 9.18 Å². The third-order valence-corrected chi connectivity index (χ3v) is 5.19. The van der Waals surface area contributed by atoms with Crippen molar-refractivity contribution in [2.75, 3.05) is 16.8 Å². The number of benzene rings is 1. The first kappa shape index (κ1) is 16.3. The minimum absolute atomic E-state index is 0.105. The fourth-order valence-corrected chi connectivity index (χ4v) is 3.89. The lowest BCUT2D eigenvalue weighted by Crippen LogP contribution is -2.13. The predicted molar refractivity (Wildman–Crippen MR) is 87.5 cm³/mol. The largest absolute Gasteiger partial charge is 0.300 e. The Kier molecular flexibility index (Phi) is 6.47. The van der Waals surface area contributed by atoms with E-state index in [-0.39, 0.29) is 11.7 Å². The van der Waals surface area contributed by atoms with Crippen molar-refractivity contribution in [2.24, 2.45) is 0 Å². The van der Waals surface area contributed by atoms with Gasteiger partial charge in [0.25, 0.3) is 0 Å². The standard InChI is InChI=1S/C13H14FN3OS3/c1-2-20-13-17-16-12(21-13)15-11(18)8-19-7-9-3-5-10(14)6-4-9/h3-6H,2,7-8H2,1H3,(H,15,16,18). The van der Waals surface area contributed by atoms with Crippen LogP contribution in [0.3, 0.4) is 0 Å². The molecule has 0 aliphatic heterocycles. The molecule has 0 aliphatic rings. The van der Waals surface area contributed by atoms with Crippen LogP contribution in [0.4, 0.5) is 9.52 Å². The van der Waals surface area contributed by atoms with Crippen LogP contribution in [0.15, 0.2) is 28.6 Å². The van der Waals surface area contributed by atoms with Gasteiger partial charge >= 0.3 is 0 Å². The predicted octanol–water partition coefficient (Wildman–Crippen LogP) is 3.66. The summed E-state index contributed by atoms with van der Waals surface area (Å²) in [5, 5.41) is 11.1. The highest BCUT2D eigenvalue weighted by Gasteiger charge is 2.08. The molecular formula is C13H14FN3OS3. The smallest absolute Gasteiger partial charge is 0.236 e. The third-order valence-electron chi connectivity index (χ3n) is 2.34. The molecule has 0 spiro atoms. The molecule has 112 valence electrons. The van der Waals surface area contributed by atoms with E-state index in [1.807, 2.05) is 6.92 Å². The van der Waals surface area contributed by atoms with E-state index in [0.29, 0.717) is 16.6 Å². The Morgan fingerprint density at radius 2 is 2.10 bits per heavy atom. The van der Waals surface area contributed by atoms with Crippen molar-refractivity contribution in [1.29, 1.82) is 0 Å². The Morgan fingerprint density at radius 3 is 2.81 bits per heavy atom. The molecular weight excluding hydrogens is 329 g/mol. The zero-order valence-corrected chi connectivity index (χ0v) is 13.8. The van der Waals surface area contributed by atoms with Crippen LogP contribution in [0.25, 0.3) is 0 Å². The van der Waals surface area contributed by atoms with Gasteiger partial charge in [0.05, 0.1) is 5.75 Å². The second-order valence-electron chi connectivity index (χ2n) is 3.97.